The van der Waals surface area contributed by atoms with Crippen LogP contribution in [0.5, 0.6) is 5.75 Å². The van der Waals surface area contributed by atoms with Gasteiger partial charge < -0.3 is 14.4 Å². The van der Waals surface area contributed by atoms with Gasteiger partial charge in [-0.05, 0) is 36.8 Å². The lowest BCUT2D eigenvalue weighted by atomic mass is 9.88. The van der Waals surface area contributed by atoms with Gasteiger partial charge >= 0.3 is 6.09 Å². The zero-order chi connectivity index (χ0) is 17.6. The van der Waals surface area contributed by atoms with Crippen LogP contribution in [0.25, 0.3) is 0 Å². The number of piperidine rings is 1. The maximum Gasteiger partial charge on any atom is 0.409 e. The van der Waals surface area contributed by atoms with Crippen molar-refractivity contribution in [2.45, 2.75) is 25.4 Å². The maximum atomic E-state index is 13.1. The van der Waals surface area contributed by atoms with Crippen LogP contribution in [0.1, 0.15) is 24.8 Å². The van der Waals surface area contributed by atoms with Gasteiger partial charge in [0.25, 0.3) is 0 Å². The lowest BCUT2D eigenvalue weighted by molar-refractivity contribution is 0.0573. The molecule has 25 heavy (non-hydrogen) atoms. The van der Waals surface area contributed by atoms with Gasteiger partial charge in [0.15, 0.2) is 0 Å². The van der Waals surface area contributed by atoms with Crippen LogP contribution in [0.2, 0.25) is 0 Å². The molecule has 4 nitrogen and oxygen atoms in total. The summed E-state index contributed by atoms with van der Waals surface area (Å²) in [5.41, 5.74) is 1.11. The molecule has 3 rings (SSSR count). The number of carbonyl (C=O) groups excluding carboxylic acids is 1. The Morgan fingerprint density at radius 2 is 1.88 bits per heavy atom. The van der Waals surface area contributed by atoms with Crippen LogP contribution in [0.15, 0.2) is 54.6 Å². The van der Waals surface area contributed by atoms with E-state index in [9.17, 15) is 9.18 Å². The molecule has 5 heteroatoms. The Morgan fingerprint density at radius 3 is 2.56 bits per heavy atom. The van der Waals surface area contributed by atoms with Crippen molar-refractivity contribution in [3.05, 3.63) is 66.0 Å². The number of ether oxygens (including phenoxy) is 2. The van der Waals surface area contributed by atoms with Crippen LogP contribution in [-0.4, -0.2) is 36.8 Å². The van der Waals surface area contributed by atoms with Crippen LogP contribution in [-0.2, 0) is 4.74 Å². The molecule has 2 atom stereocenters. The minimum absolute atomic E-state index is 0.0319. The van der Waals surface area contributed by atoms with Gasteiger partial charge in [0.05, 0.1) is 6.61 Å². The third-order valence-corrected chi connectivity index (χ3v) is 4.40. The van der Waals surface area contributed by atoms with Crippen molar-refractivity contribution in [2.75, 3.05) is 19.7 Å². The molecular weight excluding hydrogens is 321 g/mol. The van der Waals surface area contributed by atoms with Crippen molar-refractivity contribution >= 4 is 6.09 Å². The van der Waals surface area contributed by atoms with Crippen LogP contribution >= 0.6 is 0 Å². The highest BCUT2D eigenvalue weighted by Crippen LogP contribution is 2.31. The molecule has 2 aromatic rings. The van der Waals surface area contributed by atoms with Crippen molar-refractivity contribution in [1.82, 2.24) is 4.90 Å². The number of carbonyl (C=O) groups is 1. The Hall–Kier alpha value is -2.56. The Bertz CT molecular complexity index is 690. The number of hydrogen-bond donors (Lipinski definition) is 0. The van der Waals surface area contributed by atoms with Gasteiger partial charge in [-0.3, -0.25) is 0 Å². The van der Waals surface area contributed by atoms with E-state index in [4.69, 9.17) is 9.47 Å². The zero-order valence-electron chi connectivity index (χ0n) is 14.2. The van der Waals surface area contributed by atoms with E-state index < -0.39 is 0 Å². The first kappa shape index (κ1) is 17.3. The third-order valence-electron chi connectivity index (χ3n) is 4.40. The van der Waals surface area contributed by atoms with E-state index in [1.54, 1.807) is 24.0 Å². The second kappa shape index (κ2) is 8.01. The summed E-state index contributed by atoms with van der Waals surface area (Å²) in [6.07, 6.45) is 0.317. The largest absolute Gasteiger partial charge is 0.490 e. The van der Waals surface area contributed by atoms with Crippen molar-refractivity contribution in [2.24, 2.45) is 0 Å². The molecule has 1 heterocycles. The molecule has 1 saturated heterocycles. The number of rotatable bonds is 4. The molecular formula is C20H22FNO3. The molecule has 0 aromatic heterocycles. The molecule has 1 aliphatic heterocycles. The van der Waals surface area contributed by atoms with Crippen LogP contribution < -0.4 is 4.74 Å². The lowest BCUT2D eigenvalue weighted by Gasteiger charge is -2.38. The molecule has 0 radical (unpaired) electrons. The summed E-state index contributed by atoms with van der Waals surface area (Å²) in [7, 11) is 0. The zero-order valence-corrected chi connectivity index (χ0v) is 14.2. The number of benzene rings is 2. The summed E-state index contributed by atoms with van der Waals surface area (Å²) in [6.45, 7) is 3.28. The van der Waals surface area contributed by atoms with Gasteiger partial charge in [0.1, 0.15) is 17.7 Å². The molecule has 0 saturated carbocycles. The van der Waals surface area contributed by atoms with Crippen LogP contribution in [0.4, 0.5) is 9.18 Å². The van der Waals surface area contributed by atoms with Gasteiger partial charge in [0, 0.05) is 25.4 Å². The van der Waals surface area contributed by atoms with E-state index >= 15 is 0 Å². The van der Waals surface area contributed by atoms with Crippen molar-refractivity contribution in [3.63, 3.8) is 0 Å². The summed E-state index contributed by atoms with van der Waals surface area (Å²) in [5, 5.41) is 0. The van der Waals surface area contributed by atoms with Gasteiger partial charge in [-0.2, -0.15) is 0 Å². The van der Waals surface area contributed by atoms with Crippen molar-refractivity contribution < 1.29 is 18.7 Å². The Labute approximate surface area is 147 Å². The Kier molecular flexibility index (Phi) is 5.53. The highest BCUT2D eigenvalue weighted by Gasteiger charge is 2.34. The standard InChI is InChI=1S/C20H22FNO3/c1-2-24-20(23)22-13-12-19(25-17-10-8-16(21)9-11-17)18(14-22)15-6-4-3-5-7-15/h3-11,18-19H,2,12-14H2,1H3/t18-,19+/m0/s1. The smallest absolute Gasteiger partial charge is 0.409 e. The third kappa shape index (κ3) is 4.29. The van der Waals surface area contributed by atoms with E-state index in [1.165, 1.54) is 12.1 Å². The number of likely N-dealkylation sites (tertiary alicyclic amines) is 1. The van der Waals surface area contributed by atoms with E-state index in [0.29, 0.717) is 31.9 Å². The summed E-state index contributed by atoms with van der Waals surface area (Å²) in [4.78, 5) is 13.8. The molecule has 0 spiro atoms. The molecule has 0 bridgehead atoms. The van der Waals surface area contributed by atoms with Crippen LogP contribution in [0.3, 0.4) is 0 Å². The van der Waals surface area contributed by atoms with Gasteiger partial charge in [-0.25, -0.2) is 9.18 Å². The summed E-state index contributed by atoms with van der Waals surface area (Å²) in [6, 6.07) is 16.1. The molecule has 1 amide bonds. The highest BCUT2D eigenvalue weighted by molar-refractivity contribution is 5.67. The van der Waals surface area contributed by atoms with Gasteiger partial charge in [0.2, 0.25) is 0 Å². The number of nitrogens with zero attached hydrogens (tertiary/aromatic N) is 1. The van der Waals surface area contributed by atoms with E-state index in [2.05, 4.69) is 0 Å². The minimum Gasteiger partial charge on any atom is -0.490 e. The molecule has 2 aromatic carbocycles. The van der Waals surface area contributed by atoms with Gasteiger partial charge in [-0.15, -0.1) is 0 Å². The number of halogens is 1. The highest BCUT2D eigenvalue weighted by atomic mass is 19.1. The number of amides is 1. The average Bonchev–Trinajstić information content (AvgIpc) is 2.65. The lowest BCUT2D eigenvalue weighted by Crippen LogP contribution is -2.47. The fourth-order valence-electron chi connectivity index (χ4n) is 3.16. The molecule has 132 valence electrons. The topological polar surface area (TPSA) is 38.8 Å². The molecule has 0 aliphatic carbocycles. The minimum atomic E-state index is -0.288. The predicted octanol–water partition coefficient (Wildman–Crippen LogP) is 4.22. The fourth-order valence-corrected chi connectivity index (χ4v) is 3.16. The van der Waals surface area contributed by atoms with Gasteiger partial charge in [-0.1, -0.05) is 30.3 Å². The monoisotopic (exact) mass is 343 g/mol. The Balaban J connectivity index is 1.79. The first-order valence-electron chi connectivity index (χ1n) is 8.56. The second-order valence-corrected chi connectivity index (χ2v) is 6.06. The number of hydrogen-bond acceptors (Lipinski definition) is 3. The quantitative estimate of drug-likeness (QED) is 0.834. The Morgan fingerprint density at radius 1 is 1.16 bits per heavy atom. The SMILES string of the molecule is CCOC(=O)N1CC[C@@H](Oc2ccc(F)cc2)[C@H](c2ccccc2)C1. The molecule has 0 N–H and O–H groups in total. The molecule has 1 aliphatic rings. The molecule has 0 unspecified atom stereocenters. The summed E-state index contributed by atoms with van der Waals surface area (Å²) >= 11 is 0. The van der Waals surface area contributed by atoms with E-state index in [-0.39, 0.29) is 23.9 Å². The predicted molar refractivity (Wildman–Crippen MR) is 93.2 cm³/mol. The molecule has 1 fully saturated rings. The van der Waals surface area contributed by atoms with E-state index in [0.717, 1.165) is 5.56 Å². The van der Waals surface area contributed by atoms with E-state index in [1.807, 2.05) is 30.3 Å². The summed E-state index contributed by atoms with van der Waals surface area (Å²) in [5.74, 6) is 0.380. The summed E-state index contributed by atoms with van der Waals surface area (Å²) < 4.78 is 24.4. The van der Waals surface area contributed by atoms with Crippen molar-refractivity contribution in [1.29, 1.82) is 0 Å². The second-order valence-electron chi connectivity index (χ2n) is 6.06. The normalized spacial score (nSPS) is 20.2. The first-order chi connectivity index (χ1) is 12.2. The first-order valence-corrected chi connectivity index (χ1v) is 8.56. The fraction of sp³-hybridized carbons (Fsp3) is 0.350. The van der Waals surface area contributed by atoms with Crippen molar-refractivity contribution in [3.8, 4) is 5.75 Å². The maximum absolute atomic E-state index is 13.1. The average molecular weight is 343 g/mol. The van der Waals surface area contributed by atoms with Crippen LogP contribution in [0, 0.1) is 5.82 Å².